The van der Waals surface area contributed by atoms with Crippen LogP contribution in [-0.4, -0.2) is 14.2 Å². The first-order chi connectivity index (χ1) is 10.1. The van der Waals surface area contributed by atoms with Crippen LogP contribution < -0.4 is 14.8 Å². The Morgan fingerprint density at radius 1 is 1.10 bits per heavy atom. The predicted molar refractivity (Wildman–Crippen MR) is 86.0 cm³/mol. The van der Waals surface area contributed by atoms with E-state index in [1.54, 1.807) is 7.11 Å². The van der Waals surface area contributed by atoms with Crippen molar-refractivity contribution in [2.75, 3.05) is 14.2 Å². The minimum atomic E-state index is 0.300. The third-order valence-corrected chi connectivity index (χ3v) is 3.65. The Morgan fingerprint density at radius 2 is 1.81 bits per heavy atom. The Morgan fingerprint density at radius 3 is 2.43 bits per heavy atom. The lowest BCUT2D eigenvalue weighted by atomic mass is 10.0. The third-order valence-electron chi connectivity index (χ3n) is 3.65. The van der Waals surface area contributed by atoms with Crippen LogP contribution in [0.3, 0.4) is 0 Å². The highest BCUT2D eigenvalue weighted by atomic mass is 16.5. The largest absolute Gasteiger partial charge is 0.496 e. The fourth-order valence-electron chi connectivity index (χ4n) is 2.14. The number of methoxy groups -OCH3 is 1. The van der Waals surface area contributed by atoms with Gasteiger partial charge < -0.3 is 14.8 Å². The predicted octanol–water partition coefficient (Wildman–Crippen LogP) is 3.86. The molecule has 3 heteroatoms. The van der Waals surface area contributed by atoms with Crippen LogP contribution in [0.4, 0.5) is 0 Å². The molecule has 0 saturated carbocycles. The van der Waals surface area contributed by atoms with Gasteiger partial charge in [-0.05, 0) is 50.7 Å². The van der Waals surface area contributed by atoms with Crippen molar-refractivity contribution in [2.24, 2.45) is 0 Å². The van der Waals surface area contributed by atoms with Gasteiger partial charge in [0.2, 0.25) is 0 Å². The van der Waals surface area contributed by atoms with Crippen LogP contribution in [0.15, 0.2) is 42.5 Å². The molecule has 0 aliphatic heterocycles. The fourth-order valence-corrected chi connectivity index (χ4v) is 2.14. The first-order valence-corrected chi connectivity index (χ1v) is 7.17. The van der Waals surface area contributed by atoms with Crippen molar-refractivity contribution in [1.82, 2.24) is 5.32 Å². The molecule has 2 aromatic carbocycles. The molecule has 0 aliphatic carbocycles. The monoisotopic (exact) mass is 285 g/mol. The lowest BCUT2D eigenvalue weighted by molar-refractivity contribution is 0.296. The van der Waals surface area contributed by atoms with Crippen LogP contribution >= 0.6 is 0 Å². The van der Waals surface area contributed by atoms with Gasteiger partial charge in [-0.1, -0.05) is 23.8 Å². The van der Waals surface area contributed by atoms with Gasteiger partial charge in [0, 0.05) is 11.6 Å². The molecule has 0 amide bonds. The third kappa shape index (κ3) is 3.99. The van der Waals surface area contributed by atoms with Crippen LogP contribution in [0.25, 0.3) is 0 Å². The second-order valence-electron chi connectivity index (χ2n) is 5.18. The maximum absolute atomic E-state index is 5.86. The van der Waals surface area contributed by atoms with Gasteiger partial charge in [0.25, 0.3) is 0 Å². The van der Waals surface area contributed by atoms with E-state index in [0.29, 0.717) is 12.6 Å². The molecule has 2 rings (SSSR count). The van der Waals surface area contributed by atoms with E-state index in [4.69, 9.17) is 9.47 Å². The summed E-state index contributed by atoms with van der Waals surface area (Å²) in [5, 5.41) is 3.24. The van der Waals surface area contributed by atoms with Crippen molar-refractivity contribution < 1.29 is 9.47 Å². The molecule has 0 fully saturated rings. The van der Waals surface area contributed by atoms with E-state index in [2.05, 4.69) is 31.3 Å². The van der Waals surface area contributed by atoms with Crippen LogP contribution in [0, 0.1) is 6.92 Å². The molecule has 0 saturated heterocycles. The fraction of sp³-hybridized carbons (Fsp3) is 0.333. The number of hydrogen-bond acceptors (Lipinski definition) is 3. The quantitative estimate of drug-likeness (QED) is 0.874. The van der Waals surface area contributed by atoms with Crippen molar-refractivity contribution in [2.45, 2.75) is 26.5 Å². The van der Waals surface area contributed by atoms with Crippen molar-refractivity contribution in [3.63, 3.8) is 0 Å². The summed E-state index contributed by atoms with van der Waals surface area (Å²) in [6, 6.07) is 14.6. The zero-order valence-corrected chi connectivity index (χ0v) is 13.1. The summed E-state index contributed by atoms with van der Waals surface area (Å²) in [6.07, 6.45) is 0. The molecule has 0 aromatic heterocycles. The zero-order valence-electron chi connectivity index (χ0n) is 13.1. The summed E-state index contributed by atoms with van der Waals surface area (Å²) < 4.78 is 11.3. The van der Waals surface area contributed by atoms with Crippen molar-refractivity contribution in [1.29, 1.82) is 0 Å². The minimum absolute atomic E-state index is 0.300. The zero-order chi connectivity index (χ0) is 15.2. The standard InChI is InChI=1S/C18H23NO2/c1-13-5-8-17(9-6-13)21-12-16-11-15(14(2)19-3)7-10-18(16)20-4/h5-11,14,19H,12H2,1-4H3. The molecule has 0 radical (unpaired) electrons. The van der Waals surface area contributed by atoms with Gasteiger partial charge in [0.05, 0.1) is 7.11 Å². The van der Waals surface area contributed by atoms with E-state index in [0.717, 1.165) is 17.1 Å². The van der Waals surface area contributed by atoms with Crippen LogP contribution in [0.5, 0.6) is 11.5 Å². The van der Waals surface area contributed by atoms with E-state index in [1.165, 1.54) is 11.1 Å². The molecule has 2 aromatic rings. The Hall–Kier alpha value is -2.00. The van der Waals surface area contributed by atoms with E-state index in [9.17, 15) is 0 Å². The van der Waals surface area contributed by atoms with Gasteiger partial charge in [-0.2, -0.15) is 0 Å². The second-order valence-corrected chi connectivity index (χ2v) is 5.18. The molecule has 3 nitrogen and oxygen atoms in total. The number of hydrogen-bond donors (Lipinski definition) is 1. The molecule has 1 N–H and O–H groups in total. The van der Waals surface area contributed by atoms with E-state index < -0.39 is 0 Å². The maximum Gasteiger partial charge on any atom is 0.125 e. The summed E-state index contributed by atoms with van der Waals surface area (Å²) in [5.74, 6) is 1.73. The minimum Gasteiger partial charge on any atom is -0.496 e. The van der Waals surface area contributed by atoms with Crippen molar-refractivity contribution in [3.8, 4) is 11.5 Å². The first-order valence-electron chi connectivity index (χ1n) is 7.17. The van der Waals surface area contributed by atoms with Gasteiger partial charge in [0.1, 0.15) is 18.1 Å². The summed E-state index contributed by atoms with van der Waals surface area (Å²) in [6.45, 7) is 4.69. The summed E-state index contributed by atoms with van der Waals surface area (Å²) in [4.78, 5) is 0. The highest BCUT2D eigenvalue weighted by molar-refractivity contribution is 5.38. The van der Waals surface area contributed by atoms with E-state index in [-0.39, 0.29) is 0 Å². The summed E-state index contributed by atoms with van der Waals surface area (Å²) in [7, 11) is 3.64. The van der Waals surface area contributed by atoms with Crippen LogP contribution in [0.2, 0.25) is 0 Å². The van der Waals surface area contributed by atoms with Gasteiger partial charge in [-0.25, -0.2) is 0 Å². The van der Waals surface area contributed by atoms with Gasteiger partial charge in [-0.3, -0.25) is 0 Å². The number of aryl methyl sites for hydroxylation is 1. The topological polar surface area (TPSA) is 30.5 Å². The summed E-state index contributed by atoms with van der Waals surface area (Å²) in [5.41, 5.74) is 3.50. The van der Waals surface area contributed by atoms with Crippen molar-refractivity contribution >= 4 is 0 Å². The molecular weight excluding hydrogens is 262 g/mol. The Balaban J connectivity index is 2.15. The number of ether oxygens (including phenoxy) is 2. The normalized spacial score (nSPS) is 12.0. The Labute approximate surface area is 126 Å². The maximum atomic E-state index is 5.86. The molecule has 0 bridgehead atoms. The van der Waals surface area contributed by atoms with Gasteiger partial charge >= 0.3 is 0 Å². The van der Waals surface area contributed by atoms with E-state index >= 15 is 0 Å². The molecule has 1 unspecified atom stereocenters. The molecule has 0 heterocycles. The number of rotatable bonds is 6. The first kappa shape index (κ1) is 15.4. The highest BCUT2D eigenvalue weighted by Crippen LogP contribution is 2.25. The average molecular weight is 285 g/mol. The second kappa shape index (κ2) is 7.14. The van der Waals surface area contributed by atoms with Crippen LogP contribution in [0.1, 0.15) is 29.7 Å². The van der Waals surface area contributed by atoms with Crippen LogP contribution in [-0.2, 0) is 6.61 Å². The summed E-state index contributed by atoms with van der Waals surface area (Å²) >= 11 is 0. The lowest BCUT2D eigenvalue weighted by Crippen LogP contribution is -2.13. The average Bonchev–Trinajstić information content (AvgIpc) is 2.53. The smallest absolute Gasteiger partial charge is 0.125 e. The molecular formula is C18H23NO2. The van der Waals surface area contributed by atoms with Gasteiger partial charge in [-0.15, -0.1) is 0 Å². The molecule has 0 spiro atoms. The Bertz CT molecular complexity index is 578. The molecule has 112 valence electrons. The van der Waals surface area contributed by atoms with Gasteiger partial charge in [0.15, 0.2) is 0 Å². The SMILES string of the molecule is CNC(C)c1ccc(OC)c(COc2ccc(C)cc2)c1. The highest BCUT2D eigenvalue weighted by Gasteiger charge is 2.09. The number of nitrogens with one attached hydrogen (secondary N) is 1. The number of benzene rings is 2. The Kier molecular flexibility index (Phi) is 5.23. The molecule has 0 aliphatic rings. The molecule has 1 atom stereocenters. The van der Waals surface area contributed by atoms with E-state index in [1.807, 2.05) is 37.4 Å². The van der Waals surface area contributed by atoms with Crippen molar-refractivity contribution in [3.05, 3.63) is 59.2 Å². The molecule has 21 heavy (non-hydrogen) atoms. The lowest BCUT2D eigenvalue weighted by Gasteiger charge is -2.15.